The molecule has 1 aromatic carbocycles. The van der Waals surface area contributed by atoms with E-state index in [0.29, 0.717) is 17.8 Å². The number of alkyl halides is 1. The molecular formula is C20H23ClN4O2. The van der Waals surface area contributed by atoms with Crippen molar-refractivity contribution in [2.45, 2.75) is 31.7 Å². The molecule has 2 aromatic rings. The molecule has 1 aromatic heterocycles. The summed E-state index contributed by atoms with van der Waals surface area (Å²) in [7, 11) is 0. The minimum Gasteiger partial charge on any atom is -0.371 e. The zero-order valence-corrected chi connectivity index (χ0v) is 16.0. The number of amides is 2. The average molecular weight is 387 g/mol. The van der Waals surface area contributed by atoms with Gasteiger partial charge in [-0.15, -0.1) is 11.6 Å². The molecule has 1 aliphatic rings. The lowest BCUT2D eigenvalue weighted by Crippen LogP contribution is -2.28. The number of carbonyl (C=O) groups excluding carboxylic acids is 2. The first-order valence-corrected chi connectivity index (χ1v) is 9.49. The van der Waals surface area contributed by atoms with Crippen LogP contribution in [0.15, 0.2) is 42.7 Å². The molecule has 1 fully saturated rings. The molecule has 1 atom stereocenters. The fourth-order valence-corrected chi connectivity index (χ4v) is 3.11. The number of carbonyl (C=O) groups is 2. The van der Waals surface area contributed by atoms with Gasteiger partial charge in [0.1, 0.15) is 5.38 Å². The highest BCUT2D eigenvalue weighted by atomic mass is 35.5. The summed E-state index contributed by atoms with van der Waals surface area (Å²) in [4.78, 5) is 31.0. The third-order valence-corrected chi connectivity index (χ3v) is 4.69. The van der Waals surface area contributed by atoms with Gasteiger partial charge in [0.05, 0.1) is 5.56 Å². The van der Waals surface area contributed by atoms with Crippen LogP contribution in [0, 0.1) is 0 Å². The third kappa shape index (κ3) is 4.98. The summed E-state index contributed by atoms with van der Waals surface area (Å²) in [6.45, 7) is 3.85. The standard InChI is InChI=1S/C20H23ClN4O2/c1-14(21)19(26)24-16-6-7-18(25-9-2-3-10-25)17(11-16)20(27)23-13-15-5-4-8-22-12-15/h4-8,11-12,14H,2-3,9-10,13H2,1H3,(H,23,27)(H,24,26). The first-order valence-electron chi connectivity index (χ1n) is 9.05. The van der Waals surface area contributed by atoms with Gasteiger partial charge in [0, 0.05) is 43.4 Å². The molecule has 1 aliphatic heterocycles. The Morgan fingerprint density at radius 1 is 1.26 bits per heavy atom. The maximum atomic E-state index is 12.9. The Morgan fingerprint density at radius 2 is 2.04 bits per heavy atom. The van der Waals surface area contributed by atoms with Crippen molar-refractivity contribution in [3.05, 3.63) is 53.9 Å². The molecule has 2 heterocycles. The number of benzene rings is 1. The molecule has 3 rings (SSSR count). The summed E-state index contributed by atoms with van der Waals surface area (Å²) in [5, 5.41) is 5.04. The van der Waals surface area contributed by atoms with E-state index >= 15 is 0 Å². The number of pyridine rings is 1. The minimum absolute atomic E-state index is 0.184. The highest BCUT2D eigenvalue weighted by Gasteiger charge is 2.21. The maximum Gasteiger partial charge on any atom is 0.253 e. The van der Waals surface area contributed by atoms with Gasteiger partial charge in [-0.2, -0.15) is 0 Å². The molecule has 1 saturated heterocycles. The first kappa shape index (κ1) is 19.2. The topological polar surface area (TPSA) is 74.3 Å². The van der Waals surface area contributed by atoms with Crippen molar-refractivity contribution in [1.82, 2.24) is 10.3 Å². The van der Waals surface area contributed by atoms with E-state index in [-0.39, 0.29) is 11.8 Å². The highest BCUT2D eigenvalue weighted by molar-refractivity contribution is 6.32. The molecule has 2 amide bonds. The van der Waals surface area contributed by atoms with Crippen LogP contribution in [0.1, 0.15) is 35.7 Å². The number of halogens is 1. The molecule has 27 heavy (non-hydrogen) atoms. The predicted molar refractivity (Wildman–Crippen MR) is 107 cm³/mol. The van der Waals surface area contributed by atoms with E-state index in [9.17, 15) is 9.59 Å². The number of nitrogens with one attached hydrogen (secondary N) is 2. The van der Waals surface area contributed by atoms with E-state index in [1.807, 2.05) is 24.3 Å². The molecule has 0 aliphatic carbocycles. The molecular weight excluding hydrogens is 364 g/mol. The highest BCUT2D eigenvalue weighted by Crippen LogP contribution is 2.28. The first-order chi connectivity index (χ1) is 13.0. The summed E-state index contributed by atoms with van der Waals surface area (Å²) >= 11 is 5.83. The van der Waals surface area contributed by atoms with Crippen LogP contribution in [-0.4, -0.2) is 35.3 Å². The van der Waals surface area contributed by atoms with Crippen LogP contribution >= 0.6 is 11.6 Å². The Kier molecular flexibility index (Phi) is 6.29. The normalized spacial score (nSPS) is 14.7. The Labute approximate surface area is 163 Å². The van der Waals surface area contributed by atoms with Crippen molar-refractivity contribution in [2.75, 3.05) is 23.3 Å². The number of rotatable bonds is 6. The Hall–Kier alpha value is -2.60. The van der Waals surface area contributed by atoms with Crippen LogP contribution in [0.2, 0.25) is 0 Å². The molecule has 0 spiro atoms. The fourth-order valence-electron chi connectivity index (χ4n) is 3.05. The second-order valence-electron chi connectivity index (χ2n) is 6.58. The largest absolute Gasteiger partial charge is 0.371 e. The number of anilines is 2. The van der Waals surface area contributed by atoms with E-state index in [0.717, 1.165) is 37.2 Å². The number of nitrogens with zero attached hydrogens (tertiary/aromatic N) is 2. The van der Waals surface area contributed by atoms with E-state index in [2.05, 4.69) is 20.5 Å². The van der Waals surface area contributed by atoms with Crippen LogP contribution in [0.5, 0.6) is 0 Å². The molecule has 0 bridgehead atoms. The van der Waals surface area contributed by atoms with Crippen LogP contribution in [0.4, 0.5) is 11.4 Å². The van der Waals surface area contributed by atoms with Gasteiger partial charge in [-0.1, -0.05) is 6.07 Å². The molecule has 142 valence electrons. The smallest absolute Gasteiger partial charge is 0.253 e. The molecule has 1 unspecified atom stereocenters. The van der Waals surface area contributed by atoms with Gasteiger partial charge in [0.25, 0.3) is 5.91 Å². The minimum atomic E-state index is -0.647. The van der Waals surface area contributed by atoms with E-state index in [4.69, 9.17) is 11.6 Å². The summed E-state index contributed by atoms with van der Waals surface area (Å²) in [6.07, 6.45) is 5.64. The van der Waals surface area contributed by atoms with Crippen LogP contribution in [0.25, 0.3) is 0 Å². The Morgan fingerprint density at radius 3 is 2.70 bits per heavy atom. The molecule has 2 N–H and O–H groups in total. The summed E-state index contributed by atoms with van der Waals surface area (Å²) in [5.41, 5.74) is 2.91. The van der Waals surface area contributed by atoms with E-state index < -0.39 is 5.38 Å². The van der Waals surface area contributed by atoms with Crippen LogP contribution < -0.4 is 15.5 Å². The quantitative estimate of drug-likeness (QED) is 0.748. The van der Waals surface area contributed by atoms with Gasteiger partial charge >= 0.3 is 0 Å². The molecule has 6 nitrogen and oxygen atoms in total. The van der Waals surface area contributed by atoms with Gasteiger partial charge in [-0.25, -0.2) is 0 Å². The predicted octanol–water partition coefficient (Wildman–Crippen LogP) is 3.18. The summed E-state index contributed by atoms with van der Waals surface area (Å²) in [5.74, 6) is -0.483. The Balaban J connectivity index is 1.82. The van der Waals surface area contributed by atoms with Crippen molar-refractivity contribution >= 4 is 34.8 Å². The van der Waals surface area contributed by atoms with E-state index in [1.165, 1.54) is 0 Å². The molecule has 0 radical (unpaired) electrons. The van der Waals surface area contributed by atoms with Crippen molar-refractivity contribution < 1.29 is 9.59 Å². The van der Waals surface area contributed by atoms with Crippen molar-refractivity contribution in [3.63, 3.8) is 0 Å². The lowest BCUT2D eigenvalue weighted by Gasteiger charge is -2.22. The monoisotopic (exact) mass is 386 g/mol. The fraction of sp³-hybridized carbons (Fsp3) is 0.350. The molecule has 0 saturated carbocycles. The van der Waals surface area contributed by atoms with Gasteiger partial charge in [0.2, 0.25) is 5.91 Å². The van der Waals surface area contributed by atoms with Crippen LogP contribution in [-0.2, 0) is 11.3 Å². The zero-order chi connectivity index (χ0) is 19.2. The summed E-state index contributed by atoms with van der Waals surface area (Å²) in [6, 6.07) is 9.15. The second-order valence-corrected chi connectivity index (χ2v) is 7.23. The molecule has 7 heteroatoms. The lowest BCUT2D eigenvalue weighted by atomic mass is 10.1. The van der Waals surface area contributed by atoms with Crippen molar-refractivity contribution in [1.29, 1.82) is 0 Å². The van der Waals surface area contributed by atoms with Gasteiger partial charge < -0.3 is 15.5 Å². The maximum absolute atomic E-state index is 12.9. The van der Waals surface area contributed by atoms with Gasteiger partial charge in [-0.3, -0.25) is 14.6 Å². The van der Waals surface area contributed by atoms with E-state index in [1.54, 1.807) is 25.4 Å². The number of aromatic nitrogens is 1. The number of hydrogen-bond donors (Lipinski definition) is 2. The second kappa shape index (κ2) is 8.86. The zero-order valence-electron chi connectivity index (χ0n) is 15.2. The SMILES string of the molecule is CC(Cl)C(=O)Nc1ccc(N2CCCC2)c(C(=O)NCc2cccnc2)c1. The van der Waals surface area contributed by atoms with Crippen molar-refractivity contribution in [3.8, 4) is 0 Å². The lowest BCUT2D eigenvalue weighted by molar-refractivity contribution is -0.115. The summed E-state index contributed by atoms with van der Waals surface area (Å²) < 4.78 is 0. The number of hydrogen-bond acceptors (Lipinski definition) is 4. The van der Waals surface area contributed by atoms with Gasteiger partial charge in [-0.05, 0) is 49.6 Å². The Bertz CT molecular complexity index is 805. The van der Waals surface area contributed by atoms with Gasteiger partial charge in [0.15, 0.2) is 0 Å². The average Bonchev–Trinajstić information content (AvgIpc) is 3.21. The van der Waals surface area contributed by atoms with Crippen molar-refractivity contribution in [2.24, 2.45) is 0 Å². The third-order valence-electron chi connectivity index (χ3n) is 4.49. The van der Waals surface area contributed by atoms with Crippen LogP contribution in [0.3, 0.4) is 0 Å².